The highest BCUT2D eigenvalue weighted by molar-refractivity contribution is 5.71. The quantitative estimate of drug-likeness (QED) is 0.568. The van der Waals surface area contributed by atoms with Gasteiger partial charge in [-0.2, -0.15) is 5.26 Å². The van der Waals surface area contributed by atoms with E-state index < -0.39 is 0 Å². The molecule has 2 aliphatic carbocycles. The lowest BCUT2D eigenvalue weighted by atomic mass is 9.77. The van der Waals surface area contributed by atoms with Crippen molar-refractivity contribution < 1.29 is 4.39 Å². The normalized spacial score (nSPS) is 21.5. The minimum absolute atomic E-state index is 0.147. The molecule has 0 heterocycles. The highest BCUT2D eigenvalue weighted by atomic mass is 19.1. The largest absolute Gasteiger partial charge is 0.205 e. The smallest absolute Gasteiger partial charge is 0.144 e. The standard InChI is InChI=1S/C26H28FN/c1-2-3-18-4-6-19(7-5-18)20-8-10-21(11-9-20)22-14-15-25-23(16-22)12-13-24(17-28)26(25)27/h8-14,18-19H,2-7,15-16H2,1H3. The van der Waals surface area contributed by atoms with Gasteiger partial charge in [0.15, 0.2) is 0 Å². The molecule has 0 bridgehead atoms. The van der Waals surface area contributed by atoms with E-state index in [4.69, 9.17) is 5.26 Å². The van der Waals surface area contributed by atoms with E-state index in [1.54, 1.807) is 6.07 Å². The lowest BCUT2D eigenvalue weighted by Crippen LogP contribution is -2.13. The third-order valence-corrected chi connectivity index (χ3v) is 6.69. The van der Waals surface area contributed by atoms with Crippen LogP contribution in [0.1, 0.15) is 79.2 Å². The number of allylic oxidation sites excluding steroid dienone is 2. The first-order chi connectivity index (χ1) is 13.7. The summed E-state index contributed by atoms with van der Waals surface area (Å²) < 4.78 is 14.4. The van der Waals surface area contributed by atoms with Crippen LogP contribution >= 0.6 is 0 Å². The van der Waals surface area contributed by atoms with Crippen molar-refractivity contribution in [3.63, 3.8) is 0 Å². The molecule has 0 atom stereocenters. The molecule has 2 aromatic carbocycles. The molecule has 0 aliphatic heterocycles. The summed E-state index contributed by atoms with van der Waals surface area (Å²) in [5.41, 5.74) is 5.80. The Balaban J connectivity index is 1.45. The number of rotatable bonds is 4. The van der Waals surface area contributed by atoms with Crippen LogP contribution in [0.15, 0.2) is 42.5 Å². The number of hydrogen-bond acceptors (Lipinski definition) is 1. The second kappa shape index (κ2) is 8.31. The first kappa shape index (κ1) is 18.9. The Bertz CT molecular complexity index is 909. The van der Waals surface area contributed by atoms with Gasteiger partial charge in [-0.1, -0.05) is 56.2 Å². The Hall–Kier alpha value is -2.40. The molecule has 2 aliphatic rings. The molecule has 28 heavy (non-hydrogen) atoms. The molecule has 1 fully saturated rings. The topological polar surface area (TPSA) is 23.8 Å². The Morgan fingerprint density at radius 3 is 2.46 bits per heavy atom. The summed E-state index contributed by atoms with van der Waals surface area (Å²) in [6.07, 6.45) is 11.5. The Kier molecular flexibility index (Phi) is 5.62. The average molecular weight is 374 g/mol. The van der Waals surface area contributed by atoms with E-state index in [1.165, 1.54) is 55.2 Å². The summed E-state index contributed by atoms with van der Waals surface area (Å²) in [6.45, 7) is 2.29. The van der Waals surface area contributed by atoms with E-state index in [-0.39, 0.29) is 11.4 Å². The fourth-order valence-corrected chi connectivity index (χ4v) is 5.02. The number of hydrogen-bond donors (Lipinski definition) is 0. The average Bonchev–Trinajstić information content (AvgIpc) is 2.75. The van der Waals surface area contributed by atoms with Crippen molar-refractivity contribution in [2.24, 2.45) is 5.92 Å². The fraction of sp³-hybridized carbons (Fsp3) is 0.423. The summed E-state index contributed by atoms with van der Waals surface area (Å²) in [5.74, 6) is 1.31. The van der Waals surface area contributed by atoms with Gasteiger partial charge in [-0.25, -0.2) is 4.39 Å². The van der Waals surface area contributed by atoms with E-state index in [0.29, 0.717) is 17.9 Å². The summed E-state index contributed by atoms with van der Waals surface area (Å²) in [5, 5.41) is 9.02. The molecule has 0 radical (unpaired) electrons. The summed E-state index contributed by atoms with van der Waals surface area (Å²) in [6, 6.07) is 14.5. The summed E-state index contributed by atoms with van der Waals surface area (Å²) in [4.78, 5) is 0. The lowest BCUT2D eigenvalue weighted by molar-refractivity contribution is 0.308. The predicted molar refractivity (Wildman–Crippen MR) is 113 cm³/mol. The highest BCUT2D eigenvalue weighted by Crippen LogP contribution is 2.38. The monoisotopic (exact) mass is 373 g/mol. The zero-order valence-electron chi connectivity index (χ0n) is 16.7. The maximum atomic E-state index is 14.4. The Labute approximate surface area is 167 Å². The van der Waals surface area contributed by atoms with Gasteiger partial charge in [0.2, 0.25) is 0 Å². The first-order valence-electron chi connectivity index (χ1n) is 10.7. The van der Waals surface area contributed by atoms with E-state index in [2.05, 4.69) is 37.3 Å². The van der Waals surface area contributed by atoms with Crippen molar-refractivity contribution in [1.82, 2.24) is 0 Å². The minimum atomic E-state index is -0.343. The molecule has 2 aromatic rings. The van der Waals surface area contributed by atoms with Crippen molar-refractivity contribution in [2.75, 3.05) is 0 Å². The number of nitrogens with zero attached hydrogens (tertiary/aromatic N) is 1. The van der Waals surface area contributed by atoms with Gasteiger partial charge in [0.1, 0.15) is 11.9 Å². The van der Waals surface area contributed by atoms with Crippen molar-refractivity contribution in [1.29, 1.82) is 5.26 Å². The maximum Gasteiger partial charge on any atom is 0.144 e. The third-order valence-electron chi connectivity index (χ3n) is 6.69. The van der Waals surface area contributed by atoms with E-state index in [0.717, 1.165) is 17.9 Å². The molecule has 4 rings (SSSR count). The second-order valence-electron chi connectivity index (χ2n) is 8.42. The SMILES string of the molecule is CCCC1CCC(c2ccc(C3=CCc4c(ccc(C#N)c4F)C3)cc2)CC1. The van der Waals surface area contributed by atoms with Crippen molar-refractivity contribution in [2.45, 2.75) is 64.2 Å². The molecule has 0 N–H and O–H groups in total. The lowest BCUT2D eigenvalue weighted by Gasteiger charge is -2.28. The molecule has 0 unspecified atom stereocenters. The molecule has 1 saturated carbocycles. The fourth-order valence-electron chi connectivity index (χ4n) is 5.02. The number of fused-ring (bicyclic) bond motifs is 1. The van der Waals surface area contributed by atoms with Crippen LogP contribution in [0.4, 0.5) is 4.39 Å². The van der Waals surface area contributed by atoms with Crippen LogP contribution in [0.25, 0.3) is 5.57 Å². The van der Waals surface area contributed by atoms with Crippen molar-refractivity contribution >= 4 is 5.57 Å². The van der Waals surface area contributed by atoms with Gasteiger partial charge in [0.25, 0.3) is 0 Å². The van der Waals surface area contributed by atoms with Crippen molar-refractivity contribution in [3.05, 3.63) is 76.1 Å². The van der Waals surface area contributed by atoms with E-state index >= 15 is 0 Å². The molecule has 0 aromatic heterocycles. The number of nitriles is 1. The van der Waals surface area contributed by atoms with Gasteiger partial charge >= 0.3 is 0 Å². The third kappa shape index (κ3) is 3.76. The summed E-state index contributed by atoms with van der Waals surface area (Å²) >= 11 is 0. The molecule has 0 saturated heterocycles. The molecule has 144 valence electrons. The zero-order valence-corrected chi connectivity index (χ0v) is 16.7. The van der Waals surface area contributed by atoms with Gasteiger partial charge in [-0.3, -0.25) is 0 Å². The van der Waals surface area contributed by atoms with Crippen LogP contribution in [0.3, 0.4) is 0 Å². The Morgan fingerprint density at radius 1 is 1.04 bits per heavy atom. The van der Waals surface area contributed by atoms with Gasteiger partial charge in [0.05, 0.1) is 5.56 Å². The summed E-state index contributed by atoms with van der Waals surface area (Å²) in [7, 11) is 0. The number of benzene rings is 2. The van der Waals surface area contributed by atoms with E-state index in [9.17, 15) is 4.39 Å². The number of halogens is 1. The predicted octanol–water partition coefficient (Wildman–Crippen LogP) is 6.95. The van der Waals surface area contributed by atoms with Crippen LogP contribution in [-0.4, -0.2) is 0 Å². The van der Waals surface area contributed by atoms with Gasteiger partial charge in [-0.05, 0) is 84.3 Å². The van der Waals surface area contributed by atoms with Crippen LogP contribution in [0, 0.1) is 23.1 Å². The first-order valence-corrected chi connectivity index (χ1v) is 10.7. The zero-order chi connectivity index (χ0) is 19.5. The van der Waals surface area contributed by atoms with Crippen molar-refractivity contribution in [3.8, 4) is 6.07 Å². The van der Waals surface area contributed by atoms with Crippen LogP contribution in [0.2, 0.25) is 0 Å². The molecule has 2 heteroatoms. The molecule has 0 amide bonds. The van der Waals surface area contributed by atoms with Gasteiger partial charge in [0, 0.05) is 0 Å². The Morgan fingerprint density at radius 2 is 1.79 bits per heavy atom. The molecular formula is C26H28FN. The van der Waals surface area contributed by atoms with Gasteiger partial charge in [-0.15, -0.1) is 0 Å². The minimum Gasteiger partial charge on any atom is -0.205 e. The molecule has 1 nitrogen and oxygen atoms in total. The molecular weight excluding hydrogens is 345 g/mol. The highest BCUT2D eigenvalue weighted by Gasteiger charge is 2.22. The van der Waals surface area contributed by atoms with Crippen LogP contribution in [-0.2, 0) is 12.8 Å². The van der Waals surface area contributed by atoms with Crippen LogP contribution < -0.4 is 0 Å². The maximum absolute atomic E-state index is 14.4. The molecule has 0 spiro atoms. The van der Waals surface area contributed by atoms with Crippen LogP contribution in [0.5, 0.6) is 0 Å². The second-order valence-corrected chi connectivity index (χ2v) is 8.42. The van der Waals surface area contributed by atoms with E-state index in [1.807, 2.05) is 12.1 Å². The van der Waals surface area contributed by atoms with Gasteiger partial charge < -0.3 is 0 Å².